The van der Waals surface area contributed by atoms with E-state index in [9.17, 15) is 8.42 Å². The highest BCUT2D eigenvalue weighted by Gasteiger charge is 2.31. The van der Waals surface area contributed by atoms with Gasteiger partial charge in [0.1, 0.15) is 4.90 Å². The van der Waals surface area contributed by atoms with Gasteiger partial charge in [0.05, 0.1) is 5.69 Å². The van der Waals surface area contributed by atoms with Crippen LogP contribution in [0.4, 0.5) is 0 Å². The Morgan fingerprint density at radius 2 is 2.21 bits per heavy atom. The molecule has 0 bridgehead atoms. The van der Waals surface area contributed by atoms with Crippen LogP contribution in [0.1, 0.15) is 38.3 Å². The molecule has 0 spiro atoms. The predicted octanol–water partition coefficient (Wildman–Crippen LogP) is 1.49. The Bertz CT molecular complexity index is 530. The molecule has 6 heteroatoms. The predicted molar refractivity (Wildman–Crippen MR) is 74.0 cm³/mol. The highest BCUT2D eigenvalue weighted by Crippen LogP contribution is 2.25. The third kappa shape index (κ3) is 2.96. The second-order valence-corrected chi connectivity index (χ2v) is 6.83. The molecule has 0 amide bonds. The zero-order valence-corrected chi connectivity index (χ0v) is 12.1. The molecular weight excluding hydrogens is 262 g/mol. The lowest BCUT2D eigenvalue weighted by atomic mass is 10.1. The van der Waals surface area contributed by atoms with Gasteiger partial charge in [-0.05, 0) is 31.9 Å². The monoisotopic (exact) mass is 283 g/mol. The minimum atomic E-state index is -3.49. The van der Waals surface area contributed by atoms with Crippen molar-refractivity contribution in [3.63, 3.8) is 0 Å². The van der Waals surface area contributed by atoms with Gasteiger partial charge in [-0.1, -0.05) is 12.8 Å². The second-order valence-electron chi connectivity index (χ2n) is 4.97. The summed E-state index contributed by atoms with van der Waals surface area (Å²) >= 11 is 0. The van der Waals surface area contributed by atoms with Gasteiger partial charge in [0.25, 0.3) is 0 Å². The van der Waals surface area contributed by atoms with E-state index in [-0.39, 0.29) is 17.5 Å². The third-order valence-corrected chi connectivity index (χ3v) is 5.71. The van der Waals surface area contributed by atoms with Gasteiger partial charge in [0.2, 0.25) is 10.0 Å². The molecular formula is C13H21N3O2S. The van der Waals surface area contributed by atoms with Gasteiger partial charge in [0.15, 0.2) is 0 Å². The van der Waals surface area contributed by atoms with Gasteiger partial charge in [-0.2, -0.15) is 4.31 Å². The van der Waals surface area contributed by atoms with Gasteiger partial charge >= 0.3 is 0 Å². The molecule has 2 N–H and O–H groups in total. The van der Waals surface area contributed by atoms with E-state index in [1.165, 1.54) is 0 Å². The molecule has 1 unspecified atom stereocenters. The number of nitrogens with two attached hydrogens (primary N) is 1. The number of sulfonamides is 1. The first-order valence-electron chi connectivity index (χ1n) is 6.73. The molecule has 0 radical (unpaired) electrons. The molecule has 0 saturated carbocycles. The number of rotatable bonds is 3. The molecule has 1 aliphatic heterocycles. The lowest BCUT2D eigenvalue weighted by molar-refractivity contribution is 0.341. The third-order valence-electron chi connectivity index (χ3n) is 3.62. The molecule has 0 aromatic carbocycles. The summed E-state index contributed by atoms with van der Waals surface area (Å²) in [5, 5.41) is 0. The number of nitrogens with zero attached hydrogens (tertiary/aromatic N) is 2. The minimum absolute atomic E-state index is 0.0401. The SMILES string of the molecule is CC1CCCCCN1S(=O)(=O)c1cccnc1CN. The summed E-state index contributed by atoms with van der Waals surface area (Å²) in [5.41, 5.74) is 6.04. The van der Waals surface area contributed by atoms with Crippen molar-refractivity contribution in [3.05, 3.63) is 24.0 Å². The minimum Gasteiger partial charge on any atom is -0.325 e. The van der Waals surface area contributed by atoms with Crippen LogP contribution < -0.4 is 5.73 Å². The van der Waals surface area contributed by atoms with Crippen molar-refractivity contribution in [2.24, 2.45) is 5.73 Å². The first-order chi connectivity index (χ1) is 9.07. The summed E-state index contributed by atoms with van der Waals surface area (Å²) in [4.78, 5) is 4.33. The molecule has 1 fully saturated rings. The Labute approximate surface area is 114 Å². The maximum absolute atomic E-state index is 12.8. The average Bonchev–Trinajstić information content (AvgIpc) is 2.63. The van der Waals surface area contributed by atoms with Gasteiger partial charge < -0.3 is 5.73 Å². The van der Waals surface area contributed by atoms with Gasteiger partial charge in [-0.25, -0.2) is 8.42 Å². The highest BCUT2D eigenvalue weighted by atomic mass is 32.2. The smallest absolute Gasteiger partial charge is 0.245 e. The molecule has 1 aliphatic rings. The molecule has 106 valence electrons. The van der Waals surface area contributed by atoms with E-state index in [1.54, 1.807) is 22.6 Å². The second kappa shape index (κ2) is 5.98. The Balaban J connectivity index is 2.40. The summed E-state index contributed by atoms with van der Waals surface area (Å²) in [6.07, 6.45) is 5.59. The topological polar surface area (TPSA) is 76.3 Å². The summed E-state index contributed by atoms with van der Waals surface area (Å²) in [6, 6.07) is 3.29. The van der Waals surface area contributed by atoms with E-state index >= 15 is 0 Å². The fraction of sp³-hybridized carbons (Fsp3) is 0.615. The lowest BCUT2D eigenvalue weighted by Gasteiger charge is -2.26. The van der Waals surface area contributed by atoms with E-state index in [0.29, 0.717) is 12.2 Å². The van der Waals surface area contributed by atoms with Crippen LogP contribution in [0.2, 0.25) is 0 Å². The van der Waals surface area contributed by atoms with E-state index in [4.69, 9.17) is 5.73 Å². The van der Waals surface area contributed by atoms with Crippen molar-refractivity contribution in [3.8, 4) is 0 Å². The van der Waals surface area contributed by atoms with Crippen LogP contribution in [0.3, 0.4) is 0 Å². The van der Waals surface area contributed by atoms with Crippen LogP contribution in [0.5, 0.6) is 0 Å². The molecule has 2 rings (SSSR count). The quantitative estimate of drug-likeness (QED) is 0.912. The Morgan fingerprint density at radius 3 is 2.95 bits per heavy atom. The van der Waals surface area contributed by atoms with Crippen LogP contribution in [0.15, 0.2) is 23.2 Å². The number of hydrogen-bond acceptors (Lipinski definition) is 4. The summed E-state index contributed by atoms with van der Waals surface area (Å²) in [7, 11) is -3.49. The Morgan fingerprint density at radius 1 is 1.42 bits per heavy atom. The van der Waals surface area contributed by atoms with Crippen LogP contribution >= 0.6 is 0 Å². The normalized spacial score (nSPS) is 22.1. The molecule has 0 aliphatic carbocycles. The van der Waals surface area contributed by atoms with E-state index in [2.05, 4.69) is 4.98 Å². The van der Waals surface area contributed by atoms with Crippen molar-refractivity contribution >= 4 is 10.0 Å². The molecule has 1 saturated heterocycles. The maximum Gasteiger partial charge on any atom is 0.245 e. The fourth-order valence-electron chi connectivity index (χ4n) is 2.54. The number of pyridine rings is 1. The van der Waals surface area contributed by atoms with E-state index in [0.717, 1.165) is 25.7 Å². The molecule has 1 aromatic heterocycles. The average molecular weight is 283 g/mol. The highest BCUT2D eigenvalue weighted by molar-refractivity contribution is 7.89. The number of hydrogen-bond donors (Lipinski definition) is 1. The van der Waals surface area contributed by atoms with Crippen LogP contribution in [0, 0.1) is 0 Å². The van der Waals surface area contributed by atoms with E-state index < -0.39 is 10.0 Å². The summed E-state index contributed by atoms with van der Waals surface area (Å²) < 4.78 is 27.1. The first-order valence-corrected chi connectivity index (χ1v) is 8.17. The zero-order chi connectivity index (χ0) is 13.9. The van der Waals surface area contributed by atoms with Crippen molar-refractivity contribution < 1.29 is 8.42 Å². The van der Waals surface area contributed by atoms with Crippen molar-refractivity contribution in [2.45, 2.75) is 50.1 Å². The zero-order valence-electron chi connectivity index (χ0n) is 11.2. The Kier molecular flexibility index (Phi) is 4.54. The maximum atomic E-state index is 12.8. The standard InChI is InChI=1S/C13H21N3O2S/c1-11-6-3-2-4-9-16(11)19(17,18)13-7-5-8-15-12(13)10-14/h5,7-8,11H,2-4,6,9-10,14H2,1H3. The van der Waals surface area contributed by atoms with Crippen LogP contribution in [0.25, 0.3) is 0 Å². The van der Waals surface area contributed by atoms with Crippen LogP contribution in [-0.2, 0) is 16.6 Å². The van der Waals surface area contributed by atoms with Gasteiger partial charge in [-0.15, -0.1) is 0 Å². The van der Waals surface area contributed by atoms with Crippen molar-refractivity contribution in [1.82, 2.24) is 9.29 Å². The van der Waals surface area contributed by atoms with Crippen molar-refractivity contribution in [1.29, 1.82) is 0 Å². The Hall–Kier alpha value is -0.980. The lowest BCUT2D eigenvalue weighted by Crippen LogP contribution is -2.38. The number of aromatic nitrogens is 1. The van der Waals surface area contributed by atoms with Crippen LogP contribution in [-0.4, -0.2) is 30.3 Å². The molecule has 1 aromatic rings. The first kappa shape index (κ1) is 14.4. The van der Waals surface area contributed by atoms with Gasteiger partial charge in [-0.3, -0.25) is 4.98 Å². The molecule has 19 heavy (non-hydrogen) atoms. The van der Waals surface area contributed by atoms with E-state index in [1.807, 2.05) is 6.92 Å². The van der Waals surface area contributed by atoms with Gasteiger partial charge in [0, 0.05) is 25.3 Å². The molecule has 5 nitrogen and oxygen atoms in total. The fourth-order valence-corrected chi connectivity index (χ4v) is 4.43. The van der Waals surface area contributed by atoms with Crippen molar-refractivity contribution in [2.75, 3.05) is 6.54 Å². The largest absolute Gasteiger partial charge is 0.325 e. The summed E-state index contributed by atoms with van der Waals surface area (Å²) in [6.45, 7) is 2.70. The molecule has 1 atom stereocenters. The summed E-state index contributed by atoms with van der Waals surface area (Å²) in [5.74, 6) is 0. The molecule has 2 heterocycles.